The Balaban J connectivity index is 1.43. The third-order valence-corrected chi connectivity index (χ3v) is 7.08. The van der Waals surface area contributed by atoms with E-state index >= 15 is 0 Å². The number of aromatic nitrogens is 2. The van der Waals surface area contributed by atoms with Crippen LogP contribution in [0.2, 0.25) is 4.34 Å². The predicted molar refractivity (Wildman–Crippen MR) is 104 cm³/mol. The third kappa shape index (κ3) is 3.58. The summed E-state index contributed by atoms with van der Waals surface area (Å²) in [6.07, 6.45) is 7.14. The smallest absolute Gasteiger partial charge is 0.105 e. The van der Waals surface area contributed by atoms with Gasteiger partial charge in [-0.3, -0.25) is 9.58 Å². The van der Waals surface area contributed by atoms with Crippen molar-refractivity contribution in [2.75, 3.05) is 26.9 Å². The van der Waals surface area contributed by atoms with Crippen molar-refractivity contribution >= 4 is 22.9 Å². The number of thiophene rings is 1. The van der Waals surface area contributed by atoms with Gasteiger partial charge in [0.2, 0.25) is 0 Å². The quantitative estimate of drug-likeness (QED) is 0.773. The number of likely N-dealkylation sites (tertiary alicyclic amines) is 1. The summed E-state index contributed by atoms with van der Waals surface area (Å²) in [5.41, 5.74) is 2.52. The van der Waals surface area contributed by atoms with Gasteiger partial charge in [0.05, 0.1) is 30.3 Å². The van der Waals surface area contributed by atoms with E-state index in [9.17, 15) is 0 Å². The van der Waals surface area contributed by atoms with Gasteiger partial charge < -0.3 is 9.47 Å². The molecule has 0 radical (unpaired) electrons. The van der Waals surface area contributed by atoms with Crippen molar-refractivity contribution < 1.29 is 9.47 Å². The van der Waals surface area contributed by atoms with Crippen LogP contribution in [0.5, 0.6) is 0 Å². The molecule has 0 aliphatic carbocycles. The molecule has 2 atom stereocenters. The summed E-state index contributed by atoms with van der Waals surface area (Å²) in [5.74, 6) is 0. The summed E-state index contributed by atoms with van der Waals surface area (Å²) < 4.78 is 14.3. The fourth-order valence-corrected chi connectivity index (χ4v) is 5.72. The molecule has 0 N–H and O–H groups in total. The Hall–Kier alpha value is -0.920. The molecule has 1 fully saturated rings. The first-order valence-electron chi connectivity index (χ1n) is 9.26. The van der Waals surface area contributed by atoms with Crippen LogP contribution in [0, 0.1) is 0 Å². The molecule has 0 bridgehead atoms. The van der Waals surface area contributed by atoms with Gasteiger partial charge in [0, 0.05) is 42.9 Å². The maximum atomic E-state index is 6.36. The zero-order valence-electron chi connectivity index (χ0n) is 15.4. The molecule has 26 heavy (non-hydrogen) atoms. The van der Waals surface area contributed by atoms with Gasteiger partial charge in [-0.05, 0) is 37.8 Å². The topological polar surface area (TPSA) is 39.5 Å². The van der Waals surface area contributed by atoms with Gasteiger partial charge in [-0.15, -0.1) is 11.3 Å². The van der Waals surface area contributed by atoms with Crippen molar-refractivity contribution in [1.29, 1.82) is 0 Å². The minimum atomic E-state index is -0.135. The first-order chi connectivity index (χ1) is 12.6. The van der Waals surface area contributed by atoms with Gasteiger partial charge in [-0.25, -0.2) is 0 Å². The minimum absolute atomic E-state index is 0.135. The lowest BCUT2D eigenvalue weighted by Gasteiger charge is -2.47. The van der Waals surface area contributed by atoms with Crippen molar-refractivity contribution in [2.45, 2.75) is 50.9 Å². The Morgan fingerprint density at radius 2 is 2.38 bits per heavy atom. The Morgan fingerprint density at radius 3 is 3.19 bits per heavy atom. The number of rotatable bonds is 5. The van der Waals surface area contributed by atoms with Gasteiger partial charge in [-0.1, -0.05) is 11.6 Å². The Bertz CT molecular complexity index is 762. The van der Waals surface area contributed by atoms with Crippen LogP contribution in [-0.4, -0.2) is 47.6 Å². The Kier molecular flexibility index (Phi) is 5.39. The van der Waals surface area contributed by atoms with Gasteiger partial charge >= 0.3 is 0 Å². The van der Waals surface area contributed by atoms with Crippen molar-refractivity contribution in [3.63, 3.8) is 0 Å². The van der Waals surface area contributed by atoms with E-state index < -0.39 is 0 Å². The first kappa shape index (κ1) is 18.4. The van der Waals surface area contributed by atoms with Crippen LogP contribution in [0.1, 0.15) is 35.8 Å². The molecule has 1 spiro atoms. The van der Waals surface area contributed by atoms with Crippen LogP contribution in [0.25, 0.3) is 0 Å². The van der Waals surface area contributed by atoms with Crippen molar-refractivity contribution in [2.24, 2.45) is 0 Å². The fraction of sp³-hybridized carbons (Fsp3) is 0.632. The number of piperidine rings is 1. The first-order valence-corrected chi connectivity index (χ1v) is 10.5. The zero-order valence-corrected chi connectivity index (χ0v) is 17.0. The number of hydrogen-bond donors (Lipinski definition) is 0. The maximum Gasteiger partial charge on any atom is 0.105 e. The standard InChI is InChI=1S/C19H26ClN3O2S/c1-14-10-19(18-16(3-7-25-19)9-17(20)26-18)4-5-22(14)12-15-11-21-23(13-15)6-8-24-2/h9,11,13-14H,3-8,10,12H2,1-2H3/t14-,19?/m0/s1. The lowest BCUT2D eigenvalue weighted by Crippen LogP contribution is -2.49. The Labute approximate surface area is 163 Å². The normalized spacial score (nSPS) is 26.3. The molecule has 2 aromatic heterocycles. The SMILES string of the molecule is COCCn1cc(CN2CCC3(C[C@@H]2C)OCCc2cc(Cl)sc23)cn1. The van der Waals surface area contributed by atoms with Crippen molar-refractivity contribution in [3.8, 4) is 0 Å². The van der Waals surface area contributed by atoms with Crippen LogP contribution in [-0.2, 0) is 34.6 Å². The molecular formula is C19H26ClN3O2S. The van der Waals surface area contributed by atoms with Gasteiger partial charge in [0.15, 0.2) is 0 Å². The molecule has 5 nitrogen and oxygen atoms in total. The van der Waals surface area contributed by atoms with Crippen LogP contribution in [0.3, 0.4) is 0 Å². The lowest BCUT2D eigenvalue weighted by molar-refractivity contribution is -0.110. The number of fused-ring (bicyclic) bond motifs is 2. The molecular weight excluding hydrogens is 370 g/mol. The van der Waals surface area contributed by atoms with Crippen LogP contribution in [0.4, 0.5) is 0 Å². The van der Waals surface area contributed by atoms with Crippen molar-refractivity contribution in [1.82, 2.24) is 14.7 Å². The highest BCUT2D eigenvalue weighted by Gasteiger charge is 2.44. The van der Waals surface area contributed by atoms with Crippen LogP contribution in [0.15, 0.2) is 18.5 Å². The minimum Gasteiger partial charge on any atom is -0.383 e. The second-order valence-corrected chi connectivity index (χ2v) is 9.06. The summed E-state index contributed by atoms with van der Waals surface area (Å²) in [7, 11) is 1.72. The largest absolute Gasteiger partial charge is 0.383 e. The van der Waals surface area contributed by atoms with Gasteiger partial charge in [0.1, 0.15) is 5.60 Å². The molecule has 0 saturated carbocycles. The van der Waals surface area contributed by atoms with Crippen LogP contribution < -0.4 is 0 Å². The second-order valence-electron chi connectivity index (χ2n) is 7.38. The Morgan fingerprint density at radius 1 is 1.50 bits per heavy atom. The molecule has 0 aromatic carbocycles. The van der Waals surface area contributed by atoms with E-state index in [-0.39, 0.29) is 5.60 Å². The highest BCUT2D eigenvalue weighted by atomic mass is 35.5. The molecule has 7 heteroatoms. The number of methoxy groups -OCH3 is 1. The number of halogens is 1. The average molecular weight is 396 g/mol. The number of hydrogen-bond acceptors (Lipinski definition) is 5. The van der Waals surface area contributed by atoms with Gasteiger partial charge in [0.25, 0.3) is 0 Å². The molecule has 2 aliphatic heterocycles. The monoisotopic (exact) mass is 395 g/mol. The third-order valence-electron chi connectivity index (χ3n) is 5.59. The summed E-state index contributed by atoms with van der Waals surface area (Å²) in [4.78, 5) is 3.91. The molecule has 1 unspecified atom stereocenters. The van der Waals surface area contributed by atoms with Crippen LogP contribution >= 0.6 is 22.9 Å². The summed E-state index contributed by atoms with van der Waals surface area (Å²) >= 11 is 8.01. The van der Waals surface area contributed by atoms with E-state index in [0.717, 1.165) is 49.8 Å². The fourth-order valence-electron chi connectivity index (χ4n) is 4.24. The summed E-state index contributed by atoms with van der Waals surface area (Å²) in [6.45, 7) is 6.56. The predicted octanol–water partition coefficient (Wildman–Crippen LogP) is 3.70. The zero-order chi connectivity index (χ0) is 18.1. The highest BCUT2D eigenvalue weighted by Crippen LogP contribution is 2.48. The molecule has 142 valence electrons. The summed E-state index contributed by atoms with van der Waals surface area (Å²) in [6, 6.07) is 2.59. The molecule has 4 rings (SSSR count). The summed E-state index contributed by atoms with van der Waals surface area (Å²) in [5, 5.41) is 4.43. The van der Waals surface area contributed by atoms with Crippen molar-refractivity contribution in [3.05, 3.63) is 38.8 Å². The lowest BCUT2D eigenvalue weighted by atomic mass is 9.82. The van der Waals surface area contributed by atoms with E-state index in [4.69, 9.17) is 21.1 Å². The van der Waals surface area contributed by atoms with E-state index in [1.165, 1.54) is 16.0 Å². The van der Waals surface area contributed by atoms with E-state index in [1.807, 2.05) is 10.9 Å². The highest BCUT2D eigenvalue weighted by molar-refractivity contribution is 7.16. The molecule has 2 aromatic rings. The number of nitrogens with zero attached hydrogens (tertiary/aromatic N) is 3. The molecule has 1 saturated heterocycles. The maximum absolute atomic E-state index is 6.36. The van der Waals surface area contributed by atoms with E-state index in [1.54, 1.807) is 18.4 Å². The molecule has 2 aliphatic rings. The molecule has 4 heterocycles. The number of ether oxygens (including phenoxy) is 2. The van der Waals surface area contributed by atoms with E-state index in [2.05, 4.69) is 29.2 Å². The van der Waals surface area contributed by atoms with E-state index in [0.29, 0.717) is 12.6 Å². The average Bonchev–Trinajstić information content (AvgIpc) is 3.22. The second kappa shape index (κ2) is 7.60. The van der Waals surface area contributed by atoms with Gasteiger partial charge in [-0.2, -0.15) is 5.10 Å². The molecule has 0 amide bonds.